The third kappa shape index (κ3) is 8.87. The number of anilines is 1. The van der Waals surface area contributed by atoms with E-state index in [-0.39, 0.29) is 24.3 Å². The Labute approximate surface area is 200 Å². The number of aromatic nitrogens is 2. The normalized spacial score (nSPS) is 11.9. The Kier molecular flexibility index (Phi) is 11.7. The zero-order chi connectivity index (χ0) is 23.3. The molecule has 0 aliphatic rings. The van der Waals surface area contributed by atoms with Gasteiger partial charge in [0.1, 0.15) is 5.01 Å². The first-order valence-corrected chi connectivity index (χ1v) is 12.8. The number of rotatable bonds is 14. The summed E-state index contributed by atoms with van der Waals surface area (Å²) in [7, 11) is 0. The Morgan fingerprint density at radius 2 is 1.72 bits per heavy atom. The maximum Gasteiger partial charge on any atom is 0.227 e. The van der Waals surface area contributed by atoms with Crippen LogP contribution in [-0.4, -0.2) is 39.5 Å². The van der Waals surface area contributed by atoms with Crippen LogP contribution in [0.15, 0.2) is 24.3 Å². The number of benzene rings is 1. The Hall–Kier alpha value is -1.99. The quantitative estimate of drug-likeness (QED) is 0.312. The molecule has 2 aromatic rings. The van der Waals surface area contributed by atoms with E-state index in [1.165, 1.54) is 37.0 Å². The second-order valence-electron chi connectivity index (χ2n) is 8.08. The van der Waals surface area contributed by atoms with Gasteiger partial charge in [-0.05, 0) is 31.9 Å². The zero-order valence-electron chi connectivity index (χ0n) is 19.4. The van der Waals surface area contributed by atoms with Crippen LogP contribution < -0.4 is 5.32 Å². The number of hydrogen-bond donors (Lipinski definition) is 1. The van der Waals surface area contributed by atoms with Crippen molar-refractivity contribution in [2.45, 2.75) is 84.6 Å². The van der Waals surface area contributed by atoms with Gasteiger partial charge in [-0.15, -0.1) is 10.2 Å². The van der Waals surface area contributed by atoms with Gasteiger partial charge in [0.25, 0.3) is 0 Å². The van der Waals surface area contributed by atoms with E-state index in [0.717, 1.165) is 24.8 Å². The monoisotopic (exact) mass is 478 g/mol. The minimum absolute atomic E-state index is 0.119. The van der Waals surface area contributed by atoms with E-state index in [1.807, 2.05) is 24.0 Å². The minimum Gasteiger partial charge on any atom is -0.339 e. The molecule has 0 aliphatic carbocycles. The van der Waals surface area contributed by atoms with E-state index in [1.54, 1.807) is 12.1 Å². The smallest absolute Gasteiger partial charge is 0.227 e. The second kappa shape index (κ2) is 14.2. The van der Waals surface area contributed by atoms with Gasteiger partial charge in [0.05, 0.1) is 0 Å². The lowest BCUT2D eigenvalue weighted by atomic mass is 10.1. The molecule has 32 heavy (non-hydrogen) atoms. The molecule has 2 amide bonds. The molecule has 1 aromatic heterocycles. The molecule has 176 valence electrons. The Morgan fingerprint density at radius 1 is 1.03 bits per heavy atom. The molecule has 8 heteroatoms. The summed E-state index contributed by atoms with van der Waals surface area (Å²) in [5.41, 5.74) is 0.899. The van der Waals surface area contributed by atoms with Crippen LogP contribution in [0.5, 0.6) is 0 Å². The molecule has 0 saturated heterocycles. The summed E-state index contributed by atoms with van der Waals surface area (Å²) in [6, 6.07) is 7.44. The Morgan fingerprint density at radius 3 is 2.41 bits per heavy atom. The van der Waals surface area contributed by atoms with Gasteiger partial charge in [0, 0.05) is 36.0 Å². The molecule has 1 atom stereocenters. The van der Waals surface area contributed by atoms with E-state index in [2.05, 4.69) is 29.4 Å². The first kappa shape index (κ1) is 26.3. The summed E-state index contributed by atoms with van der Waals surface area (Å²) in [5, 5.41) is 12.8. The minimum atomic E-state index is -0.163. The van der Waals surface area contributed by atoms with E-state index in [9.17, 15) is 9.59 Å². The molecule has 1 heterocycles. The van der Waals surface area contributed by atoms with Gasteiger partial charge in [0.15, 0.2) is 0 Å². The van der Waals surface area contributed by atoms with Gasteiger partial charge < -0.3 is 10.2 Å². The predicted molar refractivity (Wildman–Crippen MR) is 133 cm³/mol. The molecule has 1 unspecified atom stereocenters. The predicted octanol–water partition coefficient (Wildman–Crippen LogP) is 6.56. The Balaban J connectivity index is 1.82. The number of carbonyl (C=O) groups is 2. The lowest BCUT2D eigenvalue weighted by Gasteiger charge is -2.28. The van der Waals surface area contributed by atoms with Crippen LogP contribution in [0.3, 0.4) is 0 Å². The van der Waals surface area contributed by atoms with Crippen LogP contribution in [0.4, 0.5) is 5.13 Å². The molecule has 0 spiro atoms. The van der Waals surface area contributed by atoms with Crippen LogP contribution in [0.25, 0.3) is 10.6 Å². The number of nitrogens with one attached hydrogen (secondary N) is 1. The molecule has 0 fully saturated rings. The molecular formula is C24H35ClN4O2S. The van der Waals surface area contributed by atoms with Gasteiger partial charge in [-0.25, -0.2) is 0 Å². The highest BCUT2D eigenvalue weighted by molar-refractivity contribution is 7.18. The van der Waals surface area contributed by atoms with Gasteiger partial charge in [0.2, 0.25) is 16.9 Å². The van der Waals surface area contributed by atoms with Crippen LogP contribution >= 0.6 is 22.9 Å². The van der Waals surface area contributed by atoms with Crippen molar-refractivity contribution in [3.05, 3.63) is 29.3 Å². The molecule has 0 radical (unpaired) electrons. The first-order chi connectivity index (χ1) is 15.4. The number of unbranched alkanes of at least 4 members (excludes halogenated alkanes) is 5. The van der Waals surface area contributed by atoms with E-state index in [4.69, 9.17) is 11.6 Å². The van der Waals surface area contributed by atoms with Gasteiger partial charge in [-0.2, -0.15) is 0 Å². The van der Waals surface area contributed by atoms with E-state index >= 15 is 0 Å². The summed E-state index contributed by atoms with van der Waals surface area (Å²) in [6.07, 6.45) is 8.58. The molecular weight excluding hydrogens is 444 g/mol. The summed E-state index contributed by atoms with van der Waals surface area (Å²) >= 11 is 7.24. The number of hydrogen-bond acceptors (Lipinski definition) is 5. The molecule has 6 nitrogen and oxygen atoms in total. The summed E-state index contributed by atoms with van der Waals surface area (Å²) in [6.45, 7) is 6.72. The molecule has 2 rings (SSSR count). The SMILES string of the molecule is CCCCCCCCC(=O)N(CCC(=O)Nc1nnc(-c2ccc(Cl)cc2)s1)C(C)CC. The van der Waals surface area contributed by atoms with Crippen molar-refractivity contribution in [2.24, 2.45) is 0 Å². The second-order valence-corrected chi connectivity index (χ2v) is 9.49. The standard InChI is InChI=1S/C24H35ClN4O2S/c1-4-6-7-8-9-10-11-22(31)29(18(3)5-2)17-16-21(30)26-24-28-27-23(32-24)19-12-14-20(25)15-13-19/h12-15,18H,4-11,16-17H2,1-3H3,(H,26,28,30). The van der Waals surface area contributed by atoms with Crippen LogP contribution in [0, 0.1) is 0 Å². The fourth-order valence-corrected chi connectivity index (χ4v) is 4.29. The molecule has 1 N–H and O–H groups in total. The van der Waals surface area contributed by atoms with Gasteiger partial charge >= 0.3 is 0 Å². The number of halogens is 1. The fourth-order valence-electron chi connectivity index (χ4n) is 3.40. The third-order valence-electron chi connectivity index (χ3n) is 5.53. The number of carbonyl (C=O) groups excluding carboxylic acids is 2. The van der Waals surface area contributed by atoms with Crippen molar-refractivity contribution in [1.82, 2.24) is 15.1 Å². The highest BCUT2D eigenvalue weighted by Gasteiger charge is 2.20. The van der Waals surface area contributed by atoms with Crippen LogP contribution in [0.2, 0.25) is 5.02 Å². The van der Waals surface area contributed by atoms with Crippen LogP contribution in [-0.2, 0) is 9.59 Å². The van der Waals surface area contributed by atoms with Crippen molar-refractivity contribution < 1.29 is 9.59 Å². The lowest BCUT2D eigenvalue weighted by molar-refractivity contribution is -0.133. The third-order valence-corrected chi connectivity index (χ3v) is 6.67. The Bertz CT molecular complexity index is 841. The van der Waals surface area contributed by atoms with Crippen molar-refractivity contribution in [1.29, 1.82) is 0 Å². The largest absolute Gasteiger partial charge is 0.339 e. The van der Waals surface area contributed by atoms with Gasteiger partial charge in [-0.3, -0.25) is 9.59 Å². The van der Waals surface area contributed by atoms with E-state index < -0.39 is 0 Å². The highest BCUT2D eigenvalue weighted by atomic mass is 35.5. The van der Waals surface area contributed by atoms with Crippen molar-refractivity contribution >= 4 is 39.9 Å². The molecule has 0 bridgehead atoms. The average Bonchev–Trinajstić information content (AvgIpc) is 3.24. The molecule has 0 aliphatic heterocycles. The van der Waals surface area contributed by atoms with E-state index in [0.29, 0.717) is 28.1 Å². The fraction of sp³-hybridized carbons (Fsp3) is 0.583. The molecule has 1 aromatic carbocycles. The maximum atomic E-state index is 12.8. The average molecular weight is 479 g/mol. The number of amides is 2. The zero-order valence-corrected chi connectivity index (χ0v) is 21.0. The summed E-state index contributed by atoms with van der Waals surface area (Å²) in [4.78, 5) is 27.1. The van der Waals surface area contributed by atoms with Gasteiger partial charge in [-0.1, -0.05) is 81.0 Å². The maximum absolute atomic E-state index is 12.8. The highest BCUT2D eigenvalue weighted by Crippen LogP contribution is 2.27. The lowest BCUT2D eigenvalue weighted by Crippen LogP contribution is -2.40. The van der Waals surface area contributed by atoms with Crippen molar-refractivity contribution in [2.75, 3.05) is 11.9 Å². The van der Waals surface area contributed by atoms with Crippen molar-refractivity contribution in [3.63, 3.8) is 0 Å². The molecule has 0 saturated carbocycles. The van der Waals surface area contributed by atoms with Crippen LogP contribution in [0.1, 0.15) is 78.6 Å². The number of nitrogens with zero attached hydrogens (tertiary/aromatic N) is 3. The summed E-state index contributed by atoms with van der Waals surface area (Å²) in [5.74, 6) is -0.0203. The first-order valence-electron chi connectivity index (χ1n) is 11.6. The topological polar surface area (TPSA) is 75.2 Å². The summed E-state index contributed by atoms with van der Waals surface area (Å²) < 4.78 is 0. The van der Waals surface area contributed by atoms with Crippen molar-refractivity contribution in [3.8, 4) is 10.6 Å².